The molecule has 1 atom stereocenters. The molecule has 1 heterocycles. The zero-order chi connectivity index (χ0) is 24.3. The van der Waals surface area contributed by atoms with Crippen molar-refractivity contribution in [2.24, 2.45) is 11.8 Å². The zero-order valence-corrected chi connectivity index (χ0v) is 21.1. The van der Waals surface area contributed by atoms with Crippen molar-refractivity contribution in [3.63, 3.8) is 0 Å². The van der Waals surface area contributed by atoms with Gasteiger partial charge in [-0.05, 0) is 67.5 Å². The third-order valence-electron chi connectivity index (χ3n) is 6.08. The fourth-order valence-electron chi connectivity index (χ4n) is 4.29. The second kappa shape index (κ2) is 10.3. The average Bonchev–Trinajstić information content (AvgIpc) is 2.75. The molecule has 3 rings (SSSR count). The number of rotatable bonds is 8. The Bertz CT molecular complexity index is 1190. The van der Waals surface area contributed by atoms with Crippen molar-refractivity contribution in [3.8, 4) is 5.69 Å². The molecule has 0 saturated carbocycles. The van der Waals surface area contributed by atoms with Crippen LogP contribution in [0.2, 0.25) is 0 Å². The van der Waals surface area contributed by atoms with Gasteiger partial charge in [0.1, 0.15) is 5.82 Å². The lowest BCUT2D eigenvalue weighted by Crippen LogP contribution is -2.40. The monoisotopic (exact) mass is 447 g/mol. The molecular weight excluding hydrogens is 410 g/mol. The lowest BCUT2D eigenvalue weighted by atomic mass is 10.0. The fourth-order valence-corrected chi connectivity index (χ4v) is 4.29. The van der Waals surface area contributed by atoms with Gasteiger partial charge in [0.2, 0.25) is 5.91 Å². The Morgan fingerprint density at radius 2 is 1.70 bits per heavy atom. The number of para-hydroxylation sites is 1. The van der Waals surface area contributed by atoms with E-state index in [-0.39, 0.29) is 23.4 Å². The van der Waals surface area contributed by atoms with Crippen molar-refractivity contribution in [2.45, 2.75) is 67.3 Å². The summed E-state index contributed by atoms with van der Waals surface area (Å²) in [7, 11) is 0. The Balaban J connectivity index is 2.30. The molecule has 0 aliphatic heterocycles. The topological polar surface area (TPSA) is 55.2 Å². The molecule has 0 bridgehead atoms. The summed E-state index contributed by atoms with van der Waals surface area (Å²) in [6.07, 6.45) is 1.15. The summed E-state index contributed by atoms with van der Waals surface area (Å²) < 4.78 is 1.72. The van der Waals surface area contributed by atoms with Crippen molar-refractivity contribution in [1.29, 1.82) is 0 Å². The fraction of sp³-hybridized carbons (Fsp3) is 0.464. The third kappa shape index (κ3) is 5.35. The highest BCUT2D eigenvalue weighted by atomic mass is 16.2. The molecule has 0 radical (unpaired) electrons. The van der Waals surface area contributed by atoms with Crippen LogP contribution >= 0.6 is 0 Å². The van der Waals surface area contributed by atoms with E-state index in [0.717, 1.165) is 11.3 Å². The van der Waals surface area contributed by atoms with Crippen LogP contribution in [-0.2, 0) is 4.79 Å². The minimum absolute atomic E-state index is 0.0990. The molecule has 176 valence electrons. The summed E-state index contributed by atoms with van der Waals surface area (Å²) in [6.45, 7) is 15.2. The van der Waals surface area contributed by atoms with Crippen LogP contribution in [0.15, 0.2) is 47.3 Å². The van der Waals surface area contributed by atoms with Gasteiger partial charge in [0, 0.05) is 13.0 Å². The van der Waals surface area contributed by atoms with E-state index in [1.54, 1.807) is 4.57 Å². The molecule has 33 heavy (non-hydrogen) atoms. The van der Waals surface area contributed by atoms with Crippen LogP contribution in [0.5, 0.6) is 0 Å². The number of aromatic nitrogens is 2. The number of nitrogens with zero attached hydrogens (tertiary/aromatic N) is 3. The summed E-state index contributed by atoms with van der Waals surface area (Å²) in [5.41, 5.74) is 3.63. The molecule has 0 saturated heterocycles. The van der Waals surface area contributed by atoms with Gasteiger partial charge in [-0.2, -0.15) is 0 Å². The number of benzene rings is 2. The number of hydrogen-bond acceptors (Lipinski definition) is 3. The lowest BCUT2D eigenvalue weighted by Gasteiger charge is -2.34. The molecule has 1 unspecified atom stereocenters. The molecule has 5 heteroatoms. The van der Waals surface area contributed by atoms with Crippen molar-refractivity contribution >= 4 is 16.8 Å². The summed E-state index contributed by atoms with van der Waals surface area (Å²) in [5, 5.41) is 0.582. The third-order valence-corrected chi connectivity index (χ3v) is 6.08. The SMILES string of the molecule is CCC(c1nc2ccccc2c(=O)n1-c1ccc(C)c(C)c1)N(CC(C)C)C(=O)CC(C)C. The molecule has 0 fully saturated rings. The van der Waals surface area contributed by atoms with Gasteiger partial charge in [-0.1, -0.05) is 52.8 Å². The minimum Gasteiger partial charge on any atom is -0.332 e. The maximum absolute atomic E-state index is 13.8. The van der Waals surface area contributed by atoms with Gasteiger partial charge in [-0.15, -0.1) is 0 Å². The van der Waals surface area contributed by atoms with Gasteiger partial charge in [-0.3, -0.25) is 14.2 Å². The van der Waals surface area contributed by atoms with Gasteiger partial charge in [0.05, 0.1) is 22.6 Å². The summed E-state index contributed by atoms with van der Waals surface area (Å²) in [4.78, 5) is 34.1. The Morgan fingerprint density at radius 3 is 2.30 bits per heavy atom. The number of carbonyl (C=O) groups is 1. The van der Waals surface area contributed by atoms with Crippen molar-refractivity contribution in [3.05, 3.63) is 69.8 Å². The number of aryl methyl sites for hydroxylation is 2. The van der Waals surface area contributed by atoms with E-state index in [9.17, 15) is 9.59 Å². The quantitative estimate of drug-likeness (QED) is 0.426. The minimum atomic E-state index is -0.294. The molecule has 2 aromatic carbocycles. The van der Waals surface area contributed by atoms with Gasteiger partial charge < -0.3 is 4.90 Å². The van der Waals surface area contributed by atoms with Crippen molar-refractivity contribution in [1.82, 2.24) is 14.5 Å². The number of fused-ring (bicyclic) bond motifs is 1. The van der Waals surface area contributed by atoms with E-state index in [0.29, 0.717) is 42.0 Å². The molecule has 3 aromatic rings. The second-order valence-electron chi connectivity index (χ2n) is 9.86. The van der Waals surface area contributed by atoms with E-state index in [1.807, 2.05) is 54.3 Å². The van der Waals surface area contributed by atoms with Gasteiger partial charge in [0.25, 0.3) is 5.56 Å². The smallest absolute Gasteiger partial charge is 0.266 e. The molecule has 0 N–H and O–H groups in total. The van der Waals surface area contributed by atoms with E-state index in [4.69, 9.17) is 4.98 Å². The molecule has 0 spiro atoms. The van der Waals surface area contributed by atoms with Gasteiger partial charge in [-0.25, -0.2) is 4.98 Å². The van der Waals surface area contributed by atoms with Crippen molar-refractivity contribution in [2.75, 3.05) is 6.54 Å². The second-order valence-corrected chi connectivity index (χ2v) is 9.86. The highest BCUT2D eigenvalue weighted by molar-refractivity contribution is 5.79. The standard InChI is InChI=1S/C28H37N3O2/c1-8-25(30(17-19(4)5)26(32)15-18(2)3)27-29-24-12-10-9-11-23(24)28(33)31(27)22-14-13-20(6)21(7)16-22/h9-14,16,18-19,25H,8,15,17H2,1-7H3. The van der Waals surface area contributed by atoms with Crippen LogP contribution < -0.4 is 5.56 Å². The normalized spacial score (nSPS) is 12.5. The first kappa shape index (κ1) is 24.7. The maximum atomic E-state index is 13.8. The van der Waals surface area contributed by atoms with E-state index >= 15 is 0 Å². The average molecular weight is 448 g/mol. The summed E-state index contributed by atoms with van der Waals surface area (Å²) >= 11 is 0. The lowest BCUT2D eigenvalue weighted by molar-refractivity contribution is -0.135. The Hall–Kier alpha value is -2.95. The van der Waals surface area contributed by atoms with Crippen LogP contribution in [0.25, 0.3) is 16.6 Å². The van der Waals surface area contributed by atoms with Crippen molar-refractivity contribution < 1.29 is 4.79 Å². The Morgan fingerprint density at radius 1 is 1.00 bits per heavy atom. The van der Waals surface area contributed by atoms with Crippen LogP contribution in [0.4, 0.5) is 0 Å². The summed E-state index contributed by atoms with van der Waals surface area (Å²) in [6, 6.07) is 13.2. The van der Waals surface area contributed by atoms with Crippen LogP contribution in [0.3, 0.4) is 0 Å². The zero-order valence-electron chi connectivity index (χ0n) is 21.1. The highest BCUT2D eigenvalue weighted by Gasteiger charge is 2.29. The largest absolute Gasteiger partial charge is 0.332 e. The number of carbonyl (C=O) groups excluding carboxylic acids is 1. The highest BCUT2D eigenvalue weighted by Crippen LogP contribution is 2.28. The van der Waals surface area contributed by atoms with Gasteiger partial charge in [0.15, 0.2) is 0 Å². The first-order chi connectivity index (χ1) is 15.6. The maximum Gasteiger partial charge on any atom is 0.266 e. The van der Waals surface area contributed by atoms with Crippen LogP contribution in [-0.4, -0.2) is 26.9 Å². The predicted octanol–water partition coefficient (Wildman–Crippen LogP) is 5.98. The molecule has 0 aliphatic rings. The first-order valence-corrected chi connectivity index (χ1v) is 12.0. The van der Waals surface area contributed by atoms with Gasteiger partial charge >= 0.3 is 0 Å². The number of hydrogen-bond donors (Lipinski definition) is 0. The molecular formula is C28H37N3O2. The molecule has 1 aromatic heterocycles. The molecule has 1 amide bonds. The first-order valence-electron chi connectivity index (χ1n) is 12.0. The molecule has 0 aliphatic carbocycles. The van der Waals surface area contributed by atoms with E-state index < -0.39 is 0 Å². The van der Waals surface area contributed by atoms with E-state index in [2.05, 4.69) is 41.5 Å². The van der Waals surface area contributed by atoms with Crippen LogP contribution in [0.1, 0.15) is 70.5 Å². The molecule has 5 nitrogen and oxygen atoms in total. The van der Waals surface area contributed by atoms with Crippen LogP contribution in [0, 0.1) is 25.7 Å². The Kier molecular flexibility index (Phi) is 7.72. The summed E-state index contributed by atoms with van der Waals surface area (Å²) in [5.74, 6) is 1.30. The predicted molar refractivity (Wildman–Crippen MR) is 136 cm³/mol. The Labute approximate surface area is 197 Å². The van der Waals surface area contributed by atoms with E-state index in [1.165, 1.54) is 5.56 Å². The number of amides is 1.